The van der Waals surface area contributed by atoms with Crippen LogP contribution in [0, 0.1) is 22.7 Å². The highest BCUT2D eigenvalue weighted by atomic mass is 16.3. The van der Waals surface area contributed by atoms with E-state index in [1.54, 1.807) is 6.08 Å². The average molecular weight is 274 g/mol. The van der Waals surface area contributed by atoms with Crippen LogP contribution >= 0.6 is 0 Å². The van der Waals surface area contributed by atoms with Crippen molar-refractivity contribution < 1.29 is 9.90 Å². The Balaban J connectivity index is 2.01. The first-order valence-electron chi connectivity index (χ1n) is 7.83. The Bertz CT molecular complexity index is 502. The molecule has 0 aromatic carbocycles. The lowest BCUT2D eigenvalue weighted by Crippen LogP contribution is -2.55. The molecule has 2 heteroatoms. The monoisotopic (exact) mass is 274 g/mol. The van der Waals surface area contributed by atoms with E-state index in [1.807, 2.05) is 6.92 Å². The zero-order chi connectivity index (χ0) is 14.8. The van der Waals surface area contributed by atoms with Gasteiger partial charge >= 0.3 is 0 Å². The van der Waals surface area contributed by atoms with Gasteiger partial charge in [0.1, 0.15) is 0 Å². The molecule has 3 rings (SSSR count). The van der Waals surface area contributed by atoms with Gasteiger partial charge in [-0.2, -0.15) is 0 Å². The molecule has 2 saturated carbocycles. The zero-order valence-corrected chi connectivity index (χ0v) is 12.9. The minimum absolute atomic E-state index is 0.0831. The topological polar surface area (TPSA) is 37.3 Å². The molecule has 0 spiro atoms. The highest BCUT2D eigenvalue weighted by molar-refractivity contribution is 6.05. The smallest absolute Gasteiger partial charge is 0.181 e. The van der Waals surface area contributed by atoms with Gasteiger partial charge < -0.3 is 5.11 Å². The molecule has 2 nitrogen and oxygen atoms in total. The Morgan fingerprint density at radius 2 is 1.95 bits per heavy atom. The third-order valence-corrected chi connectivity index (χ3v) is 6.66. The van der Waals surface area contributed by atoms with Gasteiger partial charge in [-0.05, 0) is 67.9 Å². The molecule has 3 aliphatic rings. The number of carbonyl (C=O) groups excluding carboxylic acids is 1. The maximum Gasteiger partial charge on any atom is 0.181 e. The molecular formula is C18H26O2. The van der Waals surface area contributed by atoms with Gasteiger partial charge in [0.05, 0.1) is 5.60 Å². The van der Waals surface area contributed by atoms with Crippen LogP contribution < -0.4 is 0 Å². The van der Waals surface area contributed by atoms with Crippen LogP contribution in [0.2, 0.25) is 0 Å². The fraction of sp³-hybridized carbons (Fsp3) is 0.722. The molecule has 3 aliphatic carbocycles. The third kappa shape index (κ3) is 1.77. The first-order chi connectivity index (χ1) is 9.19. The van der Waals surface area contributed by atoms with Crippen molar-refractivity contribution in [2.75, 3.05) is 0 Å². The van der Waals surface area contributed by atoms with Crippen molar-refractivity contribution in [3.8, 4) is 0 Å². The summed E-state index contributed by atoms with van der Waals surface area (Å²) >= 11 is 0. The van der Waals surface area contributed by atoms with E-state index in [2.05, 4.69) is 26.5 Å². The van der Waals surface area contributed by atoms with E-state index in [-0.39, 0.29) is 16.6 Å². The molecule has 0 amide bonds. The first-order valence-corrected chi connectivity index (χ1v) is 7.83. The number of hydrogen-bond acceptors (Lipinski definition) is 2. The molecule has 0 radical (unpaired) electrons. The summed E-state index contributed by atoms with van der Waals surface area (Å²) in [7, 11) is 0. The van der Waals surface area contributed by atoms with Crippen LogP contribution in [0.1, 0.15) is 52.9 Å². The summed E-state index contributed by atoms with van der Waals surface area (Å²) in [4.78, 5) is 12.0. The second-order valence-corrected chi connectivity index (χ2v) is 8.04. The molecule has 0 aromatic heterocycles. The lowest BCUT2D eigenvalue weighted by molar-refractivity contribution is -0.124. The summed E-state index contributed by atoms with van der Waals surface area (Å²) < 4.78 is 0. The molecule has 0 aromatic rings. The highest BCUT2D eigenvalue weighted by Crippen LogP contribution is 2.63. The number of aliphatic hydroxyl groups is 1. The first kappa shape index (κ1) is 14.1. The van der Waals surface area contributed by atoms with Crippen molar-refractivity contribution >= 4 is 5.78 Å². The van der Waals surface area contributed by atoms with Gasteiger partial charge in [0, 0.05) is 5.41 Å². The Morgan fingerprint density at radius 1 is 1.25 bits per heavy atom. The second kappa shape index (κ2) is 4.07. The Labute approximate surface area is 122 Å². The maximum atomic E-state index is 12.0. The molecule has 110 valence electrons. The lowest BCUT2D eigenvalue weighted by Gasteiger charge is -2.60. The fourth-order valence-corrected chi connectivity index (χ4v) is 5.14. The number of ketones is 1. The summed E-state index contributed by atoms with van der Waals surface area (Å²) in [6, 6.07) is 0. The van der Waals surface area contributed by atoms with Crippen molar-refractivity contribution in [2.24, 2.45) is 22.7 Å². The molecule has 1 N–H and O–H groups in total. The average Bonchev–Trinajstić information content (AvgIpc) is 2.37. The Kier molecular flexibility index (Phi) is 2.86. The van der Waals surface area contributed by atoms with Crippen molar-refractivity contribution in [3.63, 3.8) is 0 Å². The molecule has 20 heavy (non-hydrogen) atoms. The number of allylic oxidation sites excluding steroid dienone is 3. The predicted octanol–water partition coefficient (Wildman–Crippen LogP) is 3.66. The van der Waals surface area contributed by atoms with E-state index in [0.717, 1.165) is 37.7 Å². The van der Waals surface area contributed by atoms with Gasteiger partial charge in [-0.1, -0.05) is 26.5 Å². The van der Waals surface area contributed by atoms with E-state index in [4.69, 9.17) is 0 Å². The predicted molar refractivity (Wildman–Crippen MR) is 80.2 cm³/mol. The quantitative estimate of drug-likeness (QED) is 0.685. The Morgan fingerprint density at radius 3 is 2.65 bits per heavy atom. The highest BCUT2D eigenvalue weighted by Gasteiger charge is 2.57. The summed E-state index contributed by atoms with van der Waals surface area (Å²) in [5, 5.41) is 10.4. The molecule has 0 unspecified atom stereocenters. The second-order valence-electron chi connectivity index (χ2n) is 8.04. The number of hydrogen-bond donors (Lipinski definition) is 1. The molecule has 0 bridgehead atoms. The molecule has 2 fully saturated rings. The van der Waals surface area contributed by atoms with E-state index >= 15 is 0 Å². The van der Waals surface area contributed by atoms with E-state index in [9.17, 15) is 9.90 Å². The van der Waals surface area contributed by atoms with Gasteiger partial charge in [-0.15, -0.1) is 0 Å². The van der Waals surface area contributed by atoms with E-state index in [0.29, 0.717) is 11.8 Å². The van der Waals surface area contributed by atoms with Gasteiger partial charge in [-0.3, -0.25) is 4.79 Å². The minimum atomic E-state index is -0.511. The third-order valence-electron chi connectivity index (χ3n) is 6.66. The lowest BCUT2D eigenvalue weighted by atomic mass is 9.44. The molecule has 0 aliphatic heterocycles. The van der Waals surface area contributed by atoms with Crippen LogP contribution in [0.4, 0.5) is 0 Å². The SMILES string of the molecule is C=C1C(=O)C=C[C@H]2[C@]3(C)CC[C@@](C)(O)C[C@H]3CC[C@@]12C. The van der Waals surface area contributed by atoms with Gasteiger partial charge in [0.15, 0.2) is 5.78 Å². The molecule has 0 saturated heterocycles. The summed E-state index contributed by atoms with van der Waals surface area (Å²) in [6.45, 7) is 10.7. The van der Waals surface area contributed by atoms with E-state index in [1.165, 1.54) is 0 Å². The summed E-state index contributed by atoms with van der Waals surface area (Å²) in [5.41, 5.74) is 0.390. The van der Waals surface area contributed by atoms with Crippen molar-refractivity contribution in [2.45, 2.75) is 58.5 Å². The van der Waals surface area contributed by atoms with Gasteiger partial charge in [0.25, 0.3) is 0 Å². The minimum Gasteiger partial charge on any atom is -0.390 e. The molecule has 0 heterocycles. The van der Waals surface area contributed by atoms with Crippen molar-refractivity contribution in [1.29, 1.82) is 0 Å². The number of carbonyl (C=O) groups is 1. The van der Waals surface area contributed by atoms with Crippen LogP contribution in [0.3, 0.4) is 0 Å². The largest absolute Gasteiger partial charge is 0.390 e. The Hall–Kier alpha value is -0.890. The van der Waals surface area contributed by atoms with Crippen molar-refractivity contribution in [3.05, 3.63) is 24.3 Å². The summed E-state index contributed by atoms with van der Waals surface area (Å²) in [5.74, 6) is 1.04. The maximum absolute atomic E-state index is 12.0. The van der Waals surface area contributed by atoms with Gasteiger partial charge in [0.2, 0.25) is 0 Å². The standard InChI is InChI=1S/C18H26O2/c1-12-14(19)5-6-15-17(12,3)8-7-13-11-16(2,20)9-10-18(13,15)4/h5-6,13,15,20H,1,7-11H2,2-4H3/t13-,15-,16-,17+,18-/m1/s1. The van der Waals surface area contributed by atoms with Crippen LogP contribution in [0.25, 0.3) is 0 Å². The zero-order valence-electron chi connectivity index (χ0n) is 12.9. The normalized spacial score (nSPS) is 51.6. The fourth-order valence-electron chi connectivity index (χ4n) is 5.14. The van der Waals surface area contributed by atoms with Gasteiger partial charge in [-0.25, -0.2) is 0 Å². The van der Waals surface area contributed by atoms with Crippen LogP contribution in [0.5, 0.6) is 0 Å². The van der Waals surface area contributed by atoms with E-state index < -0.39 is 5.60 Å². The number of rotatable bonds is 0. The van der Waals surface area contributed by atoms with Crippen LogP contribution in [-0.2, 0) is 4.79 Å². The molecule has 5 atom stereocenters. The number of fused-ring (bicyclic) bond motifs is 3. The van der Waals surface area contributed by atoms with Crippen LogP contribution in [0.15, 0.2) is 24.3 Å². The van der Waals surface area contributed by atoms with Crippen LogP contribution in [-0.4, -0.2) is 16.5 Å². The summed E-state index contributed by atoms with van der Waals surface area (Å²) in [6.07, 6.45) is 8.78. The molecular weight excluding hydrogens is 248 g/mol. The van der Waals surface area contributed by atoms with Crippen molar-refractivity contribution in [1.82, 2.24) is 0 Å².